The molecule has 0 aliphatic carbocycles. The van der Waals surface area contributed by atoms with Gasteiger partial charge in [0.2, 0.25) is 0 Å². The summed E-state index contributed by atoms with van der Waals surface area (Å²) < 4.78 is 7.20. The van der Waals surface area contributed by atoms with E-state index < -0.39 is 0 Å². The summed E-state index contributed by atoms with van der Waals surface area (Å²) in [6.07, 6.45) is 3.87. The molecule has 1 amide bonds. The monoisotopic (exact) mass is 514 g/mol. The van der Waals surface area contributed by atoms with Gasteiger partial charge in [-0.1, -0.05) is 17.3 Å². The average Bonchev–Trinajstić information content (AvgIpc) is 3.61. The summed E-state index contributed by atoms with van der Waals surface area (Å²) in [6.45, 7) is 6.00. The molecule has 0 unspecified atom stereocenters. The molecular weight excluding hydrogens is 480 g/mol. The Hall–Kier alpha value is -3.60. The van der Waals surface area contributed by atoms with Gasteiger partial charge in [0.1, 0.15) is 11.4 Å². The minimum atomic E-state index is 0.0667. The predicted molar refractivity (Wildman–Crippen MR) is 145 cm³/mol. The van der Waals surface area contributed by atoms with Crippen LogP contribution in [-0.2, 0) is 11.3 Å². The van der Waals surface area contributed by atoms with Gasteiger partial charge in [-0.15, -0.1) is 5.10 Å². The number of morpholine rings is 1. The van der Waals surface area contributed by atoms with Crippen LogP contribution in [0.3, 0.4) is 0 Å². The number of hydrogen-bond donors (Lipinski definition) is 1. The van der Waals surface area contributed by atoms with E-state index in [2.05, 4.69) is 68.7 Å². The van der Waals surface area contributed by atoms with E-state index in [9.17, 15) is 4.79 Å². The first-order chi connectivity index (χ1) is 18.5. The van der Waals surface area contributed by atoms with Crippen molar-refractivity contribution in [3.8, 4) is 17.1 Å². The van der Waals surface area contributed by atoms with Crippen molar-refractivity contribution in [3.63, 3.8) is 0 Å². The lowest BCUT2D eigenvalue weighted by atomic mass is 10.0. The second kappa shape index (κ2) is 10.6. The van der Waals surface area contributed by atoms with Crippen molar-refractivity contribution < 1.29 is 9.53 Å². The topological polar surface area (TPSA) is 95.4 Å². The molecule has 2 aromatic heterocycles. The minimum absolute atomic E-state index is 0.0667. The van der Waals surface area contributed by atoms with Crippen LogP contribution in [0.1, 0.15) is 28.8 Å². The lowest BCUT2D eigenvalue weighted by Crippen LogP contribution is -2.44. The average molecular weight is 515 g/mol. The van der Waals surface area contributed by atoms with Crippen LogP contribution >= 0.6 is 0 Å². The van der Waals surface area contributed by atoms with Crippen molar-refractivity contribution in [3.05, 3.63) is 59.8 Å². The molecule has 0 saturated carbocycles. The summed E-state index contributed by atoms with van der Waals surface area (Å²) in [4.78, 5) is 19.9. The Morgan fingerprint density at radius 1 is 1.05 bits per heavy atom. The van der Waals surface area contributed by atoms with Crippen LogP contribution in [0.25, 0.3) is 28.0 Å². The maximum absolute atomic E-state index is 13.3. The number of amides is 1. The highest BCUT2D eigenvalue weighted by atomic mass is 16.5. The molecule has 198 valence electrons. The molecule has 0 radical (unpaired) electrons. The van der Waals surface area contributed by atoms with E-state index in [4.69, 9.17) is 4.74 Å². The molecule has 0 atom stereocenters. The zero-order valence-electron chi connectivity index (χ0n) is 22.0. The van der Waals surface area contributed by atoms with Crippen molar-refractivity contribution in [2.45, 2.75) is 25.4 Å². The second-order valence-corrected chi connectivity index (χ2v) is 10.4. The van der Waals surface area contributed by atoms with Crippen LogP contribution in [0.2, 0.25) is 0 Å². The molecule has 2 saturated heterocycles. The Balaban J connectivity index is 1.18. The number of carbonyl (C=O) groups is 1. The van der Waals surface area contributed by atoms with Crippen LogP contribution < -0.4 is 0 Å². The lowest BCUT2D eigenvalue weighted by Gasteiger charge is -2.35. The quantitative estimate of drug-likeness (QED) is 0.423. The van der Waals surface area contributed by atoms with Gasteiger partial charge in [-0.25, -0.2) is 4.68 Å². The van der Waals surface area contributed by atoms with Gasteiger partial charge < -0.3 is 14.5 Å². The fourth-order valence-corrected chi connectivity index (χ4v) is 5.38. The molecule has 10 nitrogen and oxygen atoms in total. The van der Waals surface area contributed by atoms with Crippen molar-refractivity contribution in [2.75, 3.05) is 53.5 Å². The Kier molecular flexibility index (Phi) is 6.92. The minimum Gasteiger partial charge on any atom is -0.379 e. The number of ether oxygens (including phenoxy) is 1. The summed E-state index contributed by atoms with van der Waals surface area (Å²) in [6, 6.07) is 14.6. The van der Waals surface area contributed by atoms with E-state index in [0.717, 1.165) is 75.4 Å². The van der Waals surface area contributed by atoms with Gasteiger partial charge in [0.05, 0.1) is 30.6 Å². The highest BCUT2D eigenvalue weighted by Crippen LogP contribution is 2.27. The third kappa shape index (κ3) is 5.07. The van der Waals surface area contributed by atoms with E-state index in [1.165, 1.54) is 5.56 Å². The van der Waals surface area contributed by atoms with E-state index >= 15 is 0 Å². The predicted octanol–water partition coefficient (Wildman–Crippen LogP) is 2.81. The standard InChI is InChI=1S/C28H34N8O2/c1-33(2)22-9-11-35(12-10-22)28(37)21-5-8-25-24(17-21)27(31-29-25)26-19-36(32-30-26)23-6-3-20(4-7-23)18-34-13-15-38-16-14-34/h3-8,17,19,22H,9-16,18H2,1-2H3,(H,29,31). The molecule has 0 bridgehead atoms. The number of benzene rings is 2. The van der Waals surface area contributed by atoms with Gasteiger partial charge in [0, 0.05) is 49.7 Å². The third-order valence-corrected chi connectivity index (χ3v) is 7.74. The summed E-state index contributed by atoms with van der Waals surface area (Å²) in [5.41, 5.74) is 5.08. The first-order valence-electron chi connectivity index (χ1n) is 13.3. The second-order valence-electron chi connectivity index (χ2n) is 10.4. The number of H-pyrrole nitrogens is 1. The van der Waals surface area contributed by atoms with Crippen molar-refractivity contribution in [1.29, 1.82) is 0 Å². The molecule has 4 heterocycles. The summed E-state index contributed by atoms with van der Waals surface area (Å²) in [7, 11) is 4.21. The van der Waals surface area contributed by atoms with Crippen molar-refractivity contribution >= 4 is 16.8 Å². The highest BCUT2D eigenvalue weighted by molar-refractivity contribution is 6.01. The number of nitrogens with zero attached hydrogens (tertiary/aromatic N) is 7. The Bertz CT molecular complexity index is 1400. The molecular formula is C28H34N8O2. The van der Waals surface area contributed by atoms with E-state index in [-0.39, 0.29) is 5.91 Å². The molecule has 4 aromatic rings. The summed E-state index contributed by atoms with van der Waals surface area (Å²) in [5.74, 6) is 0.0667. The maximum atomic E-state index is 13.3. The number of aromatic nitrogens is 5. The van der Waals surface area contributed by atoms with Gasteiger partial charge in [0.15, 0.2) is 0 Å². The zero-order valence-corrected chi connectivity index (χ0v) is 22.0. The number of carbonyl (C=O) groups excluding carboxylic acids is 1. The number of aromatic amines is 1. The largest absolute Gasteiger partial charge is 0.379 e. The van der Waals surface area contributed by atoms with Gasteiger partial charge in [-0.3, -0.25) is 14.8 Å². The zero-order chi connectivity index (χ0) is 26.1. The maximum Gasteiger partial charge on any atom is 0.253 e. The number of rotatable bonds is 6. The Labute approximate surface area is 222 Å². The third-order valence-electron chi connectivity index (χ3n) is 7.74. The first-order valence-corrected chi connectivity index (χ1v) is 13.3. The molecule has 38 heavy (non-hydrogen) atoms. The van der Waals surface area contributed by atoms with E-state index in [1.54, 1.807) is 4.68 Å². The van der Waals surface area contributed by atoms with Crippen LogP contribution in [-0.4, -0.2) is 105 Å². The number of piperidine rings is 1. The molecule has 2 aliphatic rings. The van der Waals surface area contributed by atoms with Crippen LogP contribution in [0.4, 0.5) is 0 Å². The van der Waals surface area contributed by atoms with Crippen LogP contribution in [0.5, 0.6) is 0 Å². The van der Waals surface area contributed by atoms with E-state index in [0.29, 0.717) is 23.0 Å². The number of fused-ring (bicyclic) bond motifs is 1. The summed E-state index contributed by atoms with van der Waals surface area (Å²) in [5, 5.41) is 17.2. The Morgan fingerprint density at radius 2 is 1.82 bits per heavy atom. The summed E-state index contributed by atoms with van der Waals surface area (Å²) >= 11 is 0. The number of hydrogen-bond acceptors (Lipinski definition) is 7. The molecule has 6 rings (SSSR count). The number of nitrogens with one attached hydrogen (secondary N) is 1. The molecule has 2 fully saturated rings. The molecule has 0 spiro atoms. The van der Waals surface area contributed by atoms with Gasteiger partial charge in [0.25, 0.3) is 5.91 Å². The van der Waals surface area contributed by atoms with Gasteiger partial charge in [-0.2, -0.15) is 5.10 Å². The Morgan fingerprint density at radius 3 is 2.55 bits per heavy atom. The smallest absolute Gasteiger partial charge is 0.253 e. The van der Waals surface area contributed by atoms with Gasteiger partial charge >= 0.3 is 0 Å². The fourth-order valence-electron chi connectivity index (χ4n) is 5.38. The normalized spacial score (nSPS) is 17.5. The van der Waals surface area contributed by atoms with Crippen molar-refractivity contribution in [2.24, 2.45) is 0 Å². The molecule has 2 aliphatic heterocycles. The fraction of sp³-hybridized carbons (Fsp3) is 0.429. The number of likely N-dealkylation sites (tertiary alicyclic amines) is 1. The van der Waals surface area contributed by atoms with Crippen LogP contribution in [0.15, 0.2) is 48.7 Å². The molecule has 10 heteroatoms. The SMILES string of the molecule is CN(C)C1CCN(C(=O)c2ccc3[nH]nc(-c4cn(-c5ccc(CN6CCOCC6)cc5)nn4)c3c2)CC1. The highest BCUT2D eigenvalue weighted by Gasteiger charge is 2.25. The molecule has 1 N–H and O–H groups in total. The van der Waals surface area contributed by atoms with Crippen molar-refractivity contribution in [1.82, 2.24) is 39.9 Å². The molecule has 2 aromatic carbocycles. The van der Waals surface area contributed by atoms with Gasteiger partial charge in [-0.05, 0) is 62.8 Å². The van der Waals surface area contributed by atoms with Crippen LogP contribution in [0, 0.1) is 0 Å². The lowest BCUT2D eigenvalue weighted by molar-refractivity contribution is 0.0342. The first kappa shape index (κ1) is 24.7. The van der Waals surface area contributed by atoms with E-state index in [1.807, 2.05) is 29.3 Å².